The minimum absolute atomic E-state index is 0.114. The average molecular weight is 254 g/mol. The lowest BCUT2D eigenvalue weighted by atomic mass is 9.47. The van der Waals surface area contributed by atoms with Crippen molar-refractivity contribution in [2.75, 3.05) is 19.7 Å². The van der Waals surface area contributed by atoms with Gasteiger partial charge in [0.15, 0.2) is 0 Å². The van der Waals surface area contributed by atoms with Crippen LogP contribution in [0.4, 0.5) is 0 Å². The third kappa shape index (κ3) is 1.55. The summed E-state index contributed by atoms with van der Waals surface area (Å²) in [6.07, 6.45) is 2.05. The van der Waals surface area contributed by atoms with Gasteiger partial charge in [-0.15, -0.1) is 0 Å². The second kappa shape index (κ2) is 4.49. The Kier molecular flexibility index (Phi) is 3.45. The summed E-state index contributed by atoms with van der Waals surface area (Å²) in [6.45, 7) is 10.5. The highest BCUT2D eigenvalue weighted by Crippen LogP contribution is 2.58. The molecule has 3 unspecified atom stereocenters. The first kappa shape index (κ1) is 13.8. The Morgan fingerprint density at radius 3 is 2.67 bits per heavy atom. The first-order valence-electron chi connectivity index (χ1n) is 7.11. The Bertz CT molecular complexity index is 343. The lowest BCUT2D eigenvalue weighted by Crippen LogP contribution is -2.80. The lowest BCUT2D eigenvalue weighted by molar-refractivity contribution is -0.184. The minimum Gasteiger partial charge on any atom is -0.377 e. The zero-order valence-electron chi connectivity index (χ0n) is 12.0. The van der Waals surface area contributed by atoms with Gasteiger partial charge in [-0.2, -0.15) is 0 Å². The molecule has 0 aromatic carbocycles. The molecular formula is C14H26N2O2. The van der Waals surface area contributed by atoms with E-state index in [4.69, 9.17) is 10.5 Å². The molecule has 3 atom stereocenters. The highest BCUT2D eigenvalue weighted by Gasteiger charge is 2.71. The fourth-order valence-corrected chi connectivity index (χ4v) is 3.75. The summed E-state index contributed by atoms with van der Waals surface area (Å²) in [5.41, 5.74) is 5.55. The van der Waals surface area contributed by atoms with Crippen LogP contribution >= 0.6 is 0 Å². The largest absolute Gasteiger partial charge is 0.377 e. The molecule has 1 saturated carbocycles. The topological polar surface area (TPSA) is 55.6 Å². The lowest BCUT2D eigenvalue weighted by Gasteiger charge is -2.61. The summed E-state index contributed by atoms with van der Waals surface area (Å²) in [7, 11) is 0. The number of carbonyl (C=O) groups excluding carboxylic acids is 1. The van der Waals surface area contributed by atoms with Crippen molar-refractivity contribution in [3.8, 4) is 0 Å². The van der Waals surface area contributed by atoms with E-state index in [1.165, 1.54) is 0 Å². The molecular weight excluding hydrogens is 228 g/mol. The Balaban J connectivity index is 2.22. The van der Waals surface area contributed by atoms with Crippen LogP contribution in [-0.2, 0) is 9.53 Å². The molecule has 1 aliphatic heterocycles. The Labute approximate surface area is 110 Å². The second-order valence-corrected chi connectivity index (χ2v) is 6.16. The van der Waals surface area contributed by atoms with Gasteiger partial charge in [0.05, 0.1) is 6.10 Å². The Morgan fingerprint density at radius 2 is 2.11 bits per heavy atom. The maximum atomic E-state index is 12.8. The van der Waals surface area contributed by atoms with Crippen LogP contribution in [0, 0.1) is 11.3 Å². The van der Waals surface area contributed by atoms with E-state index in [0.717, 1.165) is 32.5 Å². The van der Waals surface area contributed by atoms with E-state index in [9.17, 15) is 4.79 Å². The highest BCUT2D eigenvalue weighted by molar-refractivity contribution is 5.89. The molecule has 0 spiro atoms. The monoisotopic (exact) mass is 254 g/mol. The predicted octanol–water partition coefficient (Wildman–Crippen LogP) is 1.39. The molecule has 1 saturated heterocycles. The van der Waals surface area contributed by atoms with E-state index < -0.39 is 5.54 Å². The van der Waals surface area contributed by atoms with Crippen LogP contribution in [0.3, 0.4) is 0 Å². The predicted molar refractivity (Wildman–Crippen MR) is 71.1 cm³/mol. The summed E-state index contributed by atoms with van der Waals surface area (Å²) in [6, 6.07) is 0. The molecule has 2 rings (SSSR count). The molecule has 2 aliphatic rings. The smallest absolute Gasteiger partial charge is 0.243 e. The van der Waals surface area contributed by atoms with E-state index in [2.05, 4.69) is 20.8 Å². The van der Waals surface area contributed by atoms with Crippen LogP contribution in [0.5, 0.6) is 0 Å². The SMILES string of the molecule is CCCN(CC)C(=O)C1(N)C2CCOC2C1(C)C. The third-order valence-corrected chi connectivity index (χ3v) is 4.97. The summed E-state index contributed by atoms with van der Waals surface area (Å²) >= 11 is 0. The van der Waals surface area contributed by atoms with Crippen molar-refractivity contribution in [3.05, 3.63) is 0 Å². The van der Waals surface area contributed by atoms with Gasteiger partial charge in [-0.25, -0.2) is 0 Å². The summed E-state index contributed by atoms with van der Waals surface area (Å²) in [5.74, 6) is 0.314. The molecule has 2 fully saturated rings. The van der Waals surface area contributed by atoms with Gasteiger partial charge in [0.2, 0.25) is 5.91 Å². The molecule has 0 bridgehead atoms. The molecule has 1 heterocycles. The number of carbonyl (C=O) groups is 1. The second-order valence-electron chi connectivity index (χ2n) is 6.16. The molecule has 2 N–H and O–H groups in total. The molecule has 18 heavy (non-hydrogen) atoms. The van der Waals surface area contributed by atoms with Crippen molar-refractivity contribution in [1.82, 2.24) is 4.90 Å². The number of nitrogens with two attached hydrogens (primary N) is 1. The summed E-state index contributed by atoms with van der Waals surface area (Å²) in [4.78, 5) is 14.7. The maximum Gasteiger partial charge on any atom is 0.243 e. The van der Waals surface area contributed by atoms with E-state index in [-0.39, 0.29) is 23.3 Å². The maximum absolute atomic E-state index is 12.8. The summed E-state index contributed by atoms with van der Waals surface area (Å²) < 4.78 is 5.74. The number of likely N-dealkylation sites (N-methyl/N-ethyl adjacent to an activating group) is 1. The number of amides is 1. The van der Waals surface area contributed by atoms with Crippen LogP contribution in [0.1, 0.15) is 40.5 Å². The number of hydrogen-bond acceptors (Lipinski definition) is 3. The van der Waals surface area contributed by atoms with Crippen LogP contribution in [0.15, 0.2) is 0 Å². The van der Waals surface area contributed by atoms with Gasteiger partial charge in [0.25, 0.3) is 0 Å². The van der Waals surface area contributed by atoms with Crippen LogP contribution < -0.4 is 5.73 Å². The molecule has 4 nitrogen and oxygen atoms in total. The van der Waals surface area contributed by atoms with Crippen molar-refractivity contribution in [2.24, 2.45) is 17.1 Å². The van der Waals surface area contributed by atoms with E-state index in [1.807, 2.05) is 11.8 Å². The third-order valence-electron chi connectivity index (χ3n) is 4.97. The van der Waals surface area contributed by atoms with Crippen molar-refractivity contribution in [3.63, 3.8) is 0 Å². The molecule has 104 valence electrons. The van der Waals surface area contributed by atoms with Gasteiger partial charge in [-0.1, -0.05) is 20.8 Å². The van der Waals surface area contributed by atoms with E-state index in [0.29, 0.717) is 0 Å². The zero-order valence-corrected chi connectivity index (χ0v) is 12.0. The molecule has 1 aliphatic carbocycles. The van der Waals surface area contributed by atoms with Gasteiger partial charge < -0.3 is 15.4 Å². The van der Waals surface area contributed by atoms with Gasteiger partial charge in [0.1, 0.15) is 5.54 Å². The quantitative estimate of drug-likeness (QED) is 0.825. The first-order chi connectivity index (χ1) is 8.41. The highest BCUT2D eigenvalue weighted by atomic mass is 16.5. The van der Waals surface area contributed by atoms with Crippen LogP contribution in [-0.4, -0.2) is 42.1 Å². The minimum atomic E-state index is -0.737. The van der Waals surface area contributed by atoms with Crippen molar-refractivity contribution in [1.29, 1.82) is 0 Å². The van der Waals surface area contributed by atoms with Gasteiger partial charge in [-0.05, 0) is 19.8 Å². The van der Waals surface area contributed by atoms with Crippen molar-refractivity contribution in [2.45, 2.75) is 52.2 Å². The zero-order chi connectivity index (χ0) is 13.6. The number of fused-ring (bicyclic) bond motifs is 1. The number of nitrogens with zero attached hydrogens (tertiary/aromatic N) is 1. The van der Waals surface area contributed by atoms with Gasteiger partial charge in [0, 0.05) is 31.0 Å². The molecule has 0 radical (unpaired) electrons. The van der Waals surface area contributed by atoms with Gasteiger partial charge in [-0.3, -0.25) is 4.79 Å². The van der Waals surface area contributed by atoms with Gasteiger partial charge >= 0.3 is 0 Å². The van der Waals surface area contributed by atoms with E-state index >= 15 is 0 Å². The fourth-order valence-electron chi connectivity index (χ4n) is 3.75. The van der Waals surface area contributed by atoms with Crippen molar-refractivity contribution < 1.29 is 9.53 Å². The number of hydrogen-bond donors (Lipinski definition) is 1. The number of rotatable bonds is 4. The van der Waals surface area contributed by atoms with Crippen LogP contribution in [0.25, 0.3) is 0 Å². The standard InChI is InChI=1S/C14H26N2O2/c1-5-8-16(6-2)12(17)14(15)10-7-9-18-11(10)13(14,3)4/h10-11H,5-9,15H2,1-4H3. The van der Waals surface area contributed by atoms with E-state index in [1.54, 1.807) is 0 Å². The molecule has 1 amide bonds. The number of ether oxygens (including phenoxy) is 1. The average Bonchev–Trinajstić information content (AvgIpc) is 2.82. The normalized spacial score (nSPS) is 36.9. The first-order valence-corrected chi connectivity index (χ1v) is 7.11. The Hall–Kier alpha value is -0.610. The van der Waals surface area contributed by atoms with Crippen molar-refractivity contribution >= 4 is 5.91 Å². The summed E-state index contributed by atoms with van der Waals surface area (Å²) in [5, 5.41) is 0. The molecule has 4 heteroatoms. The molecule has 0 aromatic rings. The molecule has 0 aromatic heterocycles. The van der Waals surface area contributed by atoms with Crippen LogP contribution in [0.2, 0.25) is 0 Å². The Morgan fingerprint density at radius 1 is 1.44 bits per heavy atom. The fraction of sp³-hybridized carbons (Fsp3) is 0.929.